The molecule has 0 aliphatic rings. The molecule has 1 heterocycles. The van der Waals surface area contributed by atoms with Gasteiger partial charge in [-0.05, 0) is 13.2 Å². The molecule has 0 saturated heterocycles. The normalized spacial score (nSPS) is 15.1. The highest BCUT2D eigenvalue weighted by molar-refractivity contribution is 7.99. The number of aromatic nitrogens is 2. The van der Waals surface area contributed by atoms with E-state index in [1.165, 1.54) is 0 Å². The first kappa shape index (κ1) is 13.3. The van der Waals surface area contributed by atoms with Crippen molar-refractivity contribution in [2.45, 2.75) is 38.0 Å². The first-order valence-corrected chi connectivity index (χ1v) is 6.61. The van der Waals surface area contributed by atoms with Gasteiger partial charge in [-0.2, -0.15) is 16.7 Å². The first-order valence-electron chi connectivity index (χ1n) is 5.32. The number of rotatable bonds is 6. The quantitative estimate of drug-likeness (QED) is 0.795. The molecule has 0 unspecified atom stereocenters. The van der Waals surface area contributed by atoms with Crippen LogP contribution in [0.4, 0.5) is 6.01 Å². The molecule has 0 bridgehead atoms. The second-order valence-corrected chi connectivity index (χ2v) is 5.08. The van der Waals surface area contributed by atoms with Gasteiger partial charge in [-0.15, -0.1) is 0 Å². The van der Waals surface area contributed by atoms with Crippen molar-refractivity contribution in [1.29, 1.82) is 0 Å². The number of nitrogens with zero attached hydrogens (tertiary/aromatic N) is 2. The third-order valence-electron chi connectivity index (χ3n) is 2.35. The summed E-state index contributed by atoms with van der Waals surface area (Å²) in [6, 6.07) is 0.504. The fourth-order valence-corrected chi connectivity index (χ4v) is 1.88. The van der Waals surface area contributed by atoms with E-state index < -0.39 is 0 Å². The predicted octanol–water partition coefficient (Wildman–Crippen LogP) is 1.72. The van der Waals surface area contributed by atoms with Crippen LogP contribution >= 0.6 is 11.8 Å². The second kappa shape index (κ2) is 6.10. The Labute approximate surface area is 100 Å². The summed E-state index contributed by atoms with van der Waals surface area (Å²) in [4.78, 5) is 4.22. The highest BCUT2D eigenvalue weighted by atomic mass is 32.2. The number of hydrogen-bond acceptors (Lipinski definition) is 6. The maximum absolute atomic E-state index is 9.14. The van der Waals surface area contributed by atoms with Crippen LogP contribution in [0, 0.1) is 0 Å². The molecule has 6 heteroatoms. The van der Waals surface area contributed by atoms with Crippen LogP contribution in [0.25, 0.3) is 0 Å². The van der Waals surface area contributed by atoms with Crippen LogP contribution in [0.2, 0.25) is 0 Å². The molecule has 0 radical (unpaired) electrons. The predicted molar refractivity (Wildman–Crippen MR) is 65.9 cm³/mol. The maximum atomic E-state index is 9.14. The molecule has 1 aromatic rings. The summed E-state index contributed by atoms with van der Waals surface area (Å²) in [6.07, 6.45) is 1.96. The molecule has 0 spiro atoms. The monoisotopic (exact) mass is 245 g/mol. The summed E-state index contributed by atoms with van der Waals surface area (Å²) in [5.41, 5.74) is 0. The lowest BCUT2D eigenvalue weighted by Crippen LogP contribution is -2.31. The van der Waals surface area contributed by atoms with Gasteiger partial charge < -0.3 is 14.9 Å². The Morgan fingerprint density at radius 2 is 2.12 bits per heavy atom. The van der Waals surface area contributed by atoms with Crippen LogP contribution in [0.1, 0.15) is 32.5 Å². The number of nitrogens with one attached hydrogen (secondary N) is 1. The Morgan fingerprint density at radius 1 is 1.44 bits per heavy atom. The van der Waals surface area contributed by atoms with Crippen molar-refractivity contribution in [3.63, 3.8) is 0 Å². The van der Waals surface area contributed by atoms with Gasteiger partial charge in [-0.1, -0.05) is 19.0 Å². The number of anilines is 1. The molecule has 0 fully saturated rings. The number of aliphatic hydroxyl groups is 1. The molecule has 2 atom stereocenters. The number of aliphatic hydroxyl groups excluding tert-OH is 1. The molecule has 0 aliphatic carbocycles. The van der Waals surface area contributed by atoms with Crippen molar-refractivity contribution in [2.24, 2.45) is 0 Å². The fourth-order valence-electron chi connectivity index (χ4n) is 1.25. The highest BCUT2D eigenvalue weighted by Gasteiger charge is 2.18. The molecular formula is C10H19N3O2S. The SMILES string of the molecule is CS[C@H](CO)[C@H](C)Nc1nc(C(C)C)no1. The van der Waals surface area contributed by atoms with Crippen LogP contribution in [-0.4, -0.2) is 39.4 Å². The lowest BCUT2D eigenvalue weighted by Gasteiger charge is -2.19. The van der Waals surface area contributed by atoms with Crippen molar-refractivity contribution in [3.05, 3.63) is 5.82 Å². The summed E-state index contributed by atoms with van der Waals surface area (Å²) >= 11 is 1.61. The van der Waals surface area contributed by atoms with Gasteiger partial charge in [0.05, 0.1) is 6.61 Å². The van der Waals surface area contributed by atoms with Crippen molar-refractivity contribution < 1.29 is 9.63 Å². The summed E-state index contributed by atoms with van der Waals surface area (Å²) in [6.45, 7) is 6.13. The molecule has 1 aromatic heterocycles. The van der Waals surface area contributed by atoms with Crippen molar-refractivity contribution in [3.8, 4) is 0 Å². The third kappa shape index (κ3) is 3.38. The van der Waals surface area contributed by atoms with E-state index in [9.17, 15) is 0 Å². The van der Waals surface area contributed by atoms with Gasteiger partial charge in [0.2, 0.25) is 0 Å². The topological polar surface area (TPSA) is 71.2 Å². The van der Waals surface area contributed by atoms with Crippen molar-refractivity contribution in [2.75, 3.05) is 18.2 Å². The minimum absolute atomic E-state index is 0.0838. The Bertz CT molecular complexity index is 313. The number of thioether (sulfide) groups is 1. The molecule has 92 valence electrons. The largest absolute Gasteiger partial charge is 0.395 e. The zero-order valence-corrected chi connectivity index (χ0v) is 10.9. The van der Waals surface area contributed by atoms with E-state index in [0.717, 1.165) is 0 Å². The summed E-state index contributed by atoms with van der Waals surface area (Å²) in [7, 11) is 0. The van der Waals surface area contributed by atoms with Gasteiger partial charge in [-0.3, -0.25) is 0 Å². The average molecular weight is 245 g/mol. The van der Waals surface area contributed by atoms with E-state index in [4.69, 9.17) is 9.63 Å². The summed E-state index contributed by atoms with van der Waals surface area (Å²) in [5, 5.41) is 16.2. The Kier molecular flexibility index (Phi) is 5.08. The molecule has 16 heavy (non-hydrogen) atoms. The van der Waals surface area contributed by atoms with E-state index >= 15 is 0 Å². The van der Waals surface area contributed by atoms with E-state index in [-0.39, 0.29) is 23.8 Å². The second-order valence-electron chi connectivity index (χ2n) is 4.00. The molecule has 0 aliphatic heterocycles. The average Bonchev–Trinajstić information content (AvgIpc) is 2.68. The van der Waals surface area contributed by atoms with Crippen molar-refractivity contribution in [1.82, 2.24) is 10.1 Å². The smallest absolute Gasteiger partial charge is 0.321 e. The molecule has 0 saturated carbocycles. The molecule has 1 rings (SSSR count). The molecule has 2 N–H and O–H groups in total. The Hall–Kier alpha value is -0.750. The summed E-state index contributed by atoms with van der Waals surface area (Å²) < 4.78 is 5.07. The fraction of sp³-hybridized carbons (Fsp3) is 0.800. The maximum Gasteiger partial charge on any atom is 0.321 e. The van der Waals surface area contributed by atoms with Crippen LogP contribution in [0.15, 0.2) is 4.52 Å². The highest BCUT2D eigenvalue weighted by Crippen LogP contribution is 2.17. The lowest BCUT2D eigenvalue weighted by atomic mass is 10.2. The Balaban J connectivity index is 2.58. The Morgan fingerprint density at radius 3 is 2.56 bits per heavy atom. The molecule has 0 aromatic carbocycles. The van der Waals surface area contributed by atoms with Gasteiger partial charge in [0, 0.05) is 17.2 Å². The van der Waals surface area contributed by atoms with E-state index in [2.05, 4.69) is 15.5 Å². The van der Waals surface area contributed by atoms with Crippen LogP contribution in [0.3, 0.4) is 0 Å². The van der Waals surface area contributed by atoms with E-state index in [1.54, 1.807) is 11.8 Å². The zero-order chi connectivity index (χ0) is 12.1. The van der Waals surface area contributed by atoms with Gasteiger partial charge >= 0.3 is 6.01 Å². The molecule has 5 nitrogen and oxygen atoms in total. The van der Waals surface area contributed by atoms with Crippen LogP contribution < -0.4 is 5.32 Å². The van der Waals surface area contributed by atoms with Gasteiger partial charge in [0.1, 0.15) is 0 Å². The summed E-state index contributed by atoms with van der Waals surface area (Å²) in [5.74, 6) is 0.947. The van der Waals surface area contributed by atoms with E-state index in [0.29, 0.717) is 11.8 Å². The van der Waals surface area contributed by atoms with Crippen molar-refractivity contribution >= 4 is 17.8 Å². The van der Waals surface area contributed by atoms with Crippen LogP contribution in [0.5, 0.6) is 0 Å². The standard InChI is InChI=1S/C10H19N3O2S/c1-6(2)9-12-10(15-13-9)11-7(3)8(5-14)16-4/h6-8,14H,5H2,1-4H3,(H,11,12,13)/t7-,8+/m0/s1. The van der Waals surface area contributed by atoms with Gasteiger partial charge in [0.15, 0.2) is 5.82 Å². The van der Waals surface area contributed by atoms with Gasteiger partial charge in [0.25, 0.3) is 0 Å². The molecule has 0 amide bonds. The molecular weight excluding hydrogens is 226 g/mol. The van der Waals surface area contributed by atoms with Gasteiger partial charge in [-0.25, -0.2) is 0 Å². The lowest BCUT2D eigenvalue weighted by molar-refractivity contribution is 0.287. The minimum atomic E-state index is 0.0838. The third-order valence-corrected chi connectivity index (χ3v) is 3.51. The zero-order valence-electron chi connectivity index (χ0n) is 10.1. The van der Waals surface area contributed by atoms with Crippen LogP contribution in [-0.2, 0) is 0 Å². The minimum Gasteiger partial charge on any atom is -0.395 e. The first-order chi connectivity index (χ1) is 7.58. The number of hydrogen-bond donors (Lipinski definition) is 2. The van der Waals surface area contributed by atoms with E-state index in [1.807, 2.05) is 27.0 Å².